The fraction of sp³-hybridized carbons (Fsp3) is 0.333. The SMILES string of the molecule is CCC(C(=O)O)S(=O)Cc1cc(C(N)=O)ccc1F. The van der Waals surface area contributed by atoms with E-state index in [-0.39, 0.29) is 23.3 Å². The molecule has 2 unspecified atom stereocenters. The van der Waals surface area contributed by atoms with E-state index in [1.165, 1.54) is 12.1 Å². The van der Waals surface area contributed by atoms with E-state index in [1.807, 2.05) is 0 Å². The Bertz CT molecular complexity index is 532. The molecule has 0 spiro atoms. The molecule has 3 N–H and O–H groups in total. The van der Waals surface area contributed by atoms with Gasteiger partial charge >= 0.3 is 5.97 Å². The number of hydrogen-bond acceptors (Lipinski definition) is 3. The van der Waals surface area contributed by atoms with Crippen LogP contribution in [0.1, 0.15) is 29.3 Å². The minimum Gasteiger partial charge on any atom is -0.480 e. The number of amides is 1. The topological polar surface area (TPSA) is 97.5 Å². The summed E-state index contributed by atoms with van der Waals surface area (Å²) in [5, 5.41) is 7.81. The van der Waals surface area contributed by atoms with Gasteiger partial charge in [0, 0.05) is 21.9 Å². The van der Waals surface area contributed by atoms with Crippen molar-refractivity contribution in [2.75, 3.05) is 0 Å². The molecule has 5 nitrogen and oxygen atoms in total. The van der Waals surface area contributed by atoms with Gasteiger partial charge in [0.15, 0.2) is 0 Å². The van der Waals surface area contributed by atoms with Crippen LogP contribution in [0.2, 0.25) is 0 Å². The van der Waals surface area contributed by atoms with Crippen LogP contribution in [0.4, 0.5) is 4.39 Å². The van der Waals surface area contributed by atoms with Crippen LogP contribution >= 0.6 is 0 Å². The number of rotatable bonds is 6. The highest BCUT2D eigenvalue weighted by molar-refractivity contribution is 7.85. The number of carboxylic acid groups (broad SMARTS) is 1. The van der Waals surface area contributed by atoms with Crippen LogP contribution in [0.3, 0.4) is 0 Å². The molecule has 0 bridgehead atoms. The Hall–Kier alpha value is -1.76. The summed E-state index contributed by atoms with van der Waals surface area (Å²) in [5.41, 5.74) is 5.18. The van der Waals surface area contributed by atoms with Crippen molar-refractivity contribution in [1.82, 2.24) is 0 Å². The summed E-state index contributed by atoms with van der Waals surface area (Å²) >= 11 is 0. The quantitative estimate of drug-likeness (QED) is 0.816. The van der Waals surface area contributed by atoms with Crippen molar-refractivity contribution in [2.24, 2.45) is 5.73 Å². The normalized spacial score (nSPS) is 13.8. The maximum atomic E-state index is 13.5. The second-order valence-corrected chi connectivity index (χ2v) is 5.55. The molecular weight excluding hydrogens is 273 g/mol. The zero-order chi connectivity index (χ0) is 14.6. The van der Waals surface area contributed by atoms with Crippen molar-refractivity contribution in [3.8, 4) is 0 Å². The van der Waals surface area contributed by atoms with Gasteiger partial charge in [-0.2, -0.15) is 0 Å². The molecule has 0 fully saturated rings. The van der Waals surface area contributed by atoms with E-state index >= 15 is 0 Å². The van der Waals surface area contributed by atoms with Crippen molar-refractivity contribution in [1.29, 1.82) is 0 Å². The Labute approximate surface area is 112 Å². The molecule has 1 rings (SSSR count). The average molecular weight is 287 g/mol. The van der Waals surface area contributed by atoms with Crippen LogP contribution in [0, 0.1) is 5.82 Å². The van der Waals surface area contributed by atoms with Gasteiger partial charge in [-0.3, -0.25) is 13.8 Å². The molecule has 0 radical (unpaired) electrons. The van der Waals surface area contributed by atoms with Gasteiger partial charge in [-0.15, -0.1) is 0 Å². The molecule has 19 heavy (non-hydrogen) atoms. The second-order valence-electron chi connectivity index (χ2n) is 3.93. The number of carbonyl (C=O) groups excluding carboxylic acids is 1. The Balaban J connectivity index is 2.98. The summed E-state index contributed by atoms with van der Waals surface area (Å²) in [4.78, 5) is 21.8. The molecule has 104 valence electrons. The molecule has 0 saturated heterocycles. The molecule has 0 aromatic heterocycles. The average Bonchev–Trinajstić information content (AvgIpc) is 2.31. The van der Waals surface area contributed by atoms with E-state index in [9.17, 15) is 18.2 Å². The van der Waals surface area contributed by atoms with Crippen LogP contribution in [0.5, 0.6) is 0 Å². The van der Waals surface area contributed by atoms with E-state index in [0.717, 1.165) is 6.07 Å². The lowest BCUT2D eigenvalue weighted by atomic mass is 10.1. The maximum absolute atomic E-state index is 13.5. The van der Waals surface area contributed by atoms with Crippen molar-refractivity contribution in [2.45, 2.75) is 24.3 Å². The third-order valence-corrected chi connectivity index (χ3v) is 4.36. The van der Waals surface area contributed by atoms with Crippen molar-refractivity contribution < 1.29 is 23.3 Å². The van der Waals surface area contributed by atoms with Gasteiger partial charge in [0.2, 0.25) is 5.91 Å². The summed E-state index contributed by atoms with van der Waals surface area (Å²) in [7, 11) is -1.76. The predicted molar refractivity (Wildman–Crippen MR) is 68.5 cm³/mol. The van der Waals surface area contributed by atoms with Gasteiger partial charge in [-0.25, -0.2) is 4.39 Å². The lowest BCUT2D eigenvalue weighted by molar-refractivity contribution is -0.136. The number of halogens is 1. The van der Waals surface area contributed by atoms with E-state index in [2.05, 4.69) is 0 Å². The van der Waals surface area contributed by atoms with Crippen molar-refractivity contribution in [3.63, 3.8) is 0 Å². The molecule has 1 aromatic rings. The first kappa shape index (κ1) is 15.3. The standard InChI is InChI=1S/C12H14FNO4S/c1-2-10(12(16)17)19(18)6-8-5-7(11(14)15)3-4-9(8)13/h3-5,10H,2,6H2,1H3,(H2,14,15)(H,16,17). The van der Waals surface area contributed by atoms with E-state index < -0.39 is 33.7 Å². The van der Waals surface area contributed by atoms with Crippen molar-refractivity contribution >= 4 is 22.7 Å². The highest BCUT2D eigenvalue weighted by Gasteiger charge is 2.23. The van der Waals surface area contributed by atoms with Gasteiger partial charge in [0.1, 0.15) is 11.1 Å². The summed E-state index contributed by atoms with van der Waals surface area (Å²) < 4.78 is 25.4. The van der Waals surface area contributed by atoms with Crippen LogP contribution in [0.25, 0.3) is 0 Å². The first-order valence-electron chi connectivity index (χ1n) is 5.55. The molecule has 1 amide bonds. The molecule has 7 heteroatoms. The summed E-state index contributed by atoms with van der Waals surface area (Å²) in [5.74, 6) is -2.82. The number of hydrogen-bond donors (Lipinski definition) is 2. The van der Waals surface area contributed by atoms with Crippen LogP contribution in [-0.4, -0.2) is 26.4 Å². The van der Waals surface area contributed by atoms with Gasteiger partial charge in [0.25, 0.3) is 0 Å². The van der Waals surface area contributed by atoms with Crippen molar-refractivity contribution in [3.05, 3.63) is 35.1 Å². The number of carboxylic acids is 1. The predicted octanol–water partition coefficient (Wildman–Crippen LogP) is 1.04. The van der Waals surface area contributed by atoms with Gasteiger partial charge < -0.3 is 10.8 Å². The number of carbonyl (C=O) groups is 2. The molecular formula is C12H14FNO4S. The minimum atomic E-state index is -1.76. The third-order valence-electron chi connectivity index (χ3n) is 2.59. The molecule has 1 aromatic carbocycles. The third kappa shape index (κ3) is 3.85. The Morgan fingerprint density at radius 1 is 1.47 bits per heavy atom. The summed E-state index contributed by atoms with van der Waals surface area (Å²) in [6.07, 6.45) is 0.180. The first-order chi connectivity index (χ1) is 8.86. The van der Waals surface area contributed by atoms with E-state index in [4.69, 9.17) is 10.8 Å². The lowest BCUT2D eigenvalue weighted by Crippen LogP contribution is -2.26. The smallest absolute Gasteiger partial charge is 0.319 e. The molecule has 0 aliphatic carbocycles. The molecule has 0 heterocycles. The minimum absolute atomic E-state index is 0.0225. The Morgan fingerprint density at radius 3 is 2.58 bits per heavy atom. The van der Waals surface area contributed by atoms with Gasteiger partial charge in [-0.05, 0) is 24.6 Å². The summed E-state index contributed by atoms with van der Waals surface area (Å²) in [6.45, 7) is 1.59. The highest BCUT2D eigenvalue weighted by Crippen LogP contribution is 2.15. The Morgan fingerprint density at radius 2 is 2.11 bits per heavy atom. The fourth-order valence-corrected chi connectivity index (χ4v) is 2.89. The second kappa shape index (κ2) is 6.42. The van der Waals surface area contributed by atoms with Crippen LogP contribution < -0.4 is 5.73 Å². The van der Waals surface area contributed by atoms with E-state index in [1.54, 1.807) is 6.92 Å². The molecule has 0 aliphatic heterocycles. The monoisotopic (exact) mass is 287 g/mol. The zero-order valence-electron chi connectivity index (χ0n) is 10.3. The van der Waals surface area contributed by atoms with Crippen LogP contribution in [0.15, 0.2) is 18.2 Å². The maximum Gasteiger partial charge on any atom is 0.319 e. The number of primary amides is 1. The number of nitrogens with two attached hydrogens (primary N) is 1. The van der Waals surface area contributed by atoms with Gasteiger partial charge in [0.05, 0.1) is 5.75 Å². The zero-order valence-corrected chi connectivity index (χ0v) is 11.1. The molecule has 0 saturated carbocycles. The molecule has 0 aliphatic rings. The van der Waals surface area contributed by atoms with E-state index in [0.29, 0.717) is 0 Å². The largest absolute Gasteiger partial charge is 0.480 e. The van der Waals surface area contributed by atoms with Gasteiger partial charge in [-0.1, -0.05) is 6.92 Å². The number of aliphatic carboxylic acids is 1. The lowest BCUT2D eigenvalue weighted by Gasteiger charge is -2.10. The highest BCUT2D eigenvalue weighted by atomic mass is 32.2. The number of benzene rings is 1. The van der Waals surface area contributed by atoms with Crippen LogP contribution in [-0.2, 0) is 21.3 Å². The summed E-state index contributed by atoms with van der Waals surface area (Å²) in [6, 6.07) is 3.47. The Kier molecular flexibility index (Phi) is 5.17. The molecule has 2 atom stereocenters. The first-order valence-corrected chi connectivity index (χ1v) is 6.93. The fourth-order valence-electron chi connectivity index (χ4n) is 1.57.